The quantitative estimate of drug-likeness (QED) is 0.900. The fourth-order valence-corrected chi connectivity index (χ4v) is 2.84. The van der Waals surface area contributed by atoms with E-state index in [4.69, 9.17) is 17.3 Å². The van der Waals surface area contributed by atoms with Gasteiger partial charge in [-0.2, -0.15) is 0 Å². The molecule has 5 heteroatoms. The molecule has 1 saturated heterocycles. The molecule has 0 aromatic heterocycles. The third-order valence-electron chi connectivity index (χ3n) is 3.74. The van der Waals surface area contributed by atoms with Crippen molar-refractivity contribution in [1.29, 1.82) is 0 Å². The van der Waals surface area contributed by atoms with Crippen molar-refractivity contribution in [2.45, 2.75) is 25.9 Å². The lowest BCUT2D eigenvalue weighted by molar-refractivity contribution is -0.136. The molecule has 0 saturated carbocycles. The van der Waals surface area contributed by atoms with Crippen LogP contribution in [0.1, 0.15) is 19.4 Å². The number of anilines is 1. The molecule has 4 nitrogen and oxygen atoms in total. The summed E-state index contributed by atoms with van der Waals surface area (Å²) in [5.74, 6) is 0.109. The molecule has 1 aliphatic heterocycles. The minimum Gasteiger partial charge on any atom is -0.355 e. The molecular weight excluding hydrogens is 262 g/mol. The van der Waals surface area contributed by atoms with Gasteiger partial charge in [-0.15, -0.1) is 0 Å². The number of amides is 1. The van der Waals surface area contributed by atoms with E-state index in [-0.39, 0.29) is 5.91 Å². The van der Waals surface area contributed by atoms with Crippen LogP contribution in [-0.4, -0.2) is 36.5 Å². The Bertz CT molecular complexity index is 501. The van der Waals surface area contributed by atoms with E-state index in [1.807, 2.05) is 39.1 Å². The van der Waals surface area contributed by atoms with E-state index in [1.165, 1.54) is 0 Å². The number of hydrogen-bond acceptors (Lipinski definition) is 3. The standard InChI is InChI=1S/C14H20ClN3O/c1-14(2)13(19)17(3)6-7-18(14)12-5-4-10(9-16)8-11(12)15/h4-5,8H,6-7,9,16H2,1-3H3. The van der Waals surface area contributed by atoms with Crippen LogP contribution in [0.15, 0.2) is 18.2 Å². The Kier molecular flexibility index (Phi) is 3.74. The summed E-state index contributed by atoms with van der Waals surface area (Å²) in [4.78, 5) is 16.1. The Hall–Kier alpha value is -1.26. The predicted octanol–water partition coefficient (Wildman–Crippen LogP) is 1.86. The molecule has 0 atom stereocenters. The van der Waals surface area contributed by atoms with Gasteiger partial charge in [0.25, 0.3) is 0 Å². The summed E-state index contributed by atoms with van der Waals surface area (Å²) in [5, 5.41) is 0.647. The summed E-state index contributed by atoms with van der Waals surface area (Å²) < 4.78 is 0. The van der Waals surface area contributed by atoms with Crippen molar-refractivity contribution in [2.75, 3.05) is 25.0 Å². The van der Waals surface area contributed by atoms with E-state index in [0.717, 1.165) is 17.8 Å². The zero-order valence-corrected chi connectivity index (χ0v) is 12.4. The number of hydrogen-bond donors (Lipinski definition) is 1. The van der Waals surface area contributed by atoms with Gasteiger partial charge in [0.1, 0.15) is 5.54 Å². The fraction of sp³-hybridized carbons (Fsp3) is 0.500. The minimum atomic E-state index is -0.582. The smallest absolute Gasteiger partial charge is 0.247 e. The summed E-state index contributed by atoms with van der Waals surface area (Å²) in [6, 6.07) is 5.78. The molecule has 1 heterocycles. The first-order chi connectivity index (χ1) is 8.87. The number of carbonyl (C=O) groups is 1. The first kappa shape index (κ1) is 14.2. The largest absolute Gasteiger partial charge is 0.355 e. The number of carbonyl (C=O) groups excluding carboxylic acids is 1. The van der Waals surface area contributed by atoms with Crippen LogP contribution in [0.4, 0.5) is 5.69 Å². The highest BCUT2D eigenvalue weighted by atomic mass is 35.5. The number of benzene rings is 1. The normalized spacial score (nSPS) is 18.9. The molecule has 0 unspecified atom stereocenters. The van der Waals surface area contributed by atoms with Crippen LogP contribution in [-0.2, 0) is 11.3 Å². The Labute approximate surface area is 119 Å². The van der Waals surface area contributed by atoms with Crippen molar-refractivity contribution in [3.8, 4) is 0 Å². The van der Waals surface area contributed by atoms with Crippen molar-refractivity contribution in [2.24, 2.45) is 5.73 Å². The molecule has 1 amide bonds. The molecule has 19 heavy (non-hydrogen) atoms. The van der Waals surface area contributed by atoms with E-state index >= 15 is 0 Å². The van der Waals surface area contributed by atoms with Crippen molar-refractivity contribution in [3.63, 3.8) is 0 Å². The first-order valence-corrected chi connectivity index (χ1v) is 6.77. The van der Waals surface area contributed by atoms with Gasteiger partial charge in [-0.25, -0.2) is 0 Å². The number of nitrogens with zero attached hydrogens (tertiary/aromatic N) is 2. The van der Waals surface area contributed by atoms with Crippen LogP contribution in [0.5, 0.6) is 0 Å². The number of piperazine rings is 1. The third kappa shape index (κ3) is 2.42. The predicted molar refractivity (Wildman–Crippen MR) is 78.4 cm³/mol. The van der Waals surface area contributed by atoms with Gasteiger partial charge in [0.05, 0.1) is 10.7 Å². The van der Waals surface area contributed by atoms with Gasteiger partial charge in [-0.05, 0) is 31.5 Å². The first-order valence-electron chi connectivity index (χ1n) is 6.39. The van der Waals surface area contributed by atoms with Crippen LogP contribution >= 0.6 is 11.6 Å². The maximum Gasteiger partial charge on any atom is 0.247 e. The molecule has 0 radical (unpaired) electrons. The van der Waals surface area contributed by atoms with Gasteiger partial charge in [0, 0.05) is 26.7 Å². The number of rotatable bonds is 2. The summed E-state index contributed by atoms with van der Waals surface area (Å²) in [6.45, 7) is 5.80. The van der Waals surface area contributed by atoms with Gasteiger partial charge in [0.2, 0.25) is 5.91 Å². The number of halogens is 1. The number of likely N-dealkylation sites (N-methyl/N-ethyl adjacent to an activating group) is 1. The van der Waals surface area contributed by atoms with E-state index < -0.39 is 5.54 Å². The monoisotopic (exact) mass is 281 g/mol. The highest BCUT2D eigenvalue weighted by Crippen LogP contribution is 2.34. The maximum atomic E-state index is 12.3. The van der Waals surface area contributed by atoms with Crippen LogP contribution in [0, 0.1) is 0 Å². The second kappa shape index (κ2) is 5.02. The second-order valence-corrected chi connectivity index (χ2v) is 5.83. The minimum absolute atomic E-state index is 0.109. The topological polar surface area (TPSA) is 49.6 Å². The van der Waals surface area contributed by atoms with Crippen molar-refractivity contribution < 1.29 is 4.79 Å². The third-order valence-corrected chi connectivity index (χ3v) is 4.05. The van der Waals surface area contributed by atoms with Crippen LogP contribution < -0.4 is 10.6 Å². The molecule has 0 bridgehead atoms. The Balaban J connectivity index is 2.38. The van der Waals surface area contributed by atoms with E-state index in [2.05, 4.69) is 4.90 Å². The Morgan fingerprint density at radius 1 is 1.37 bits per heavy atom. The van der Waals surface area contributed by atoms with E-state index in [9.17, 15) is 4.79 Å². The zero-order valence-electron chi connectivity index (χ0n) is 11.6. The van der Waals surface area contributed by atoms with Crippen LogP contribution in [0.2, 0.25) is 5.02 Å². The van der Waals surface area contributed by atoms with Crippen LogP contribution in [0.25, 0.3) is 0 Å². The second-order valence-electron chi connectivity index (χ2n) is 5.43. The molecule has 2 rings (SSSR count). The molecule has 1 fully saturated rings. The zero-order chi connectivity index (χ0) is 14.2. The van der Waals surface area contributed by atoms with Crippen LogP contribution in [0.3, 0.4) is 0 Å². The Morgan fingerprint density at radius 3 is 2.63 bits per heavy atom. The molecule has 0 spiro atoms. The Morgan fingerprint density at radius 2 is 2.05 bits per heavy atom. The fourth-order valence-electron chi connectivity index (χ4n) is 2.53. The highest BCUT2D eigenvalue weighted by Gasteiger charge is 2.41. The van der Waals surface area contributed by atoms with Gasteiger partial charge in [0.15, 0.2) is 0 Å². The molecule has 1 aromatic carbocycles. The van der Waals surface area contributed by atoms with Crippen molar-refractivity contribution >= 4 is 23.2 Å². The molecule has 104 valence electrons. The summed E-state index contributed by atoms with van der Waals surface area (Å²) >= 11 is 6.33. The molecule has 1 aromatic rings. The molecular formula is C14H20ClN3O. The van der Waals surface area contributed by atoms with Crippen molar-refractivity contribution in [3.05, 3.63) is 28.8 Å². The highest BCUT2D eigenvalue weighted by molar-refractivity contribution is 6.33. The summed E-state index contributed by atoms with van der Waals surface area (Å²) in [7, 11) is 1.83. The molecule has 1 aliphatic rings. The van der Waals surface area contributed by atoms with Gasteiger partial charge < -0.3 is 15.5 Å². The SMILES string of the molecule is CN1CCN(c2ccc(CN)cc2Cl)C(C)(C)C1=O. The molecule has 2 N–H and O–H groups in total. The molecule has 0 aliphatic carbocycles. The summed E-state index contributed by atoms with van der Waals surface area (Å²) in [6.07, 6.45) is 0. The lowest BCUT2D eigenvalue weighted by Gasteiger charge is -2.46. The summed E-state index contributed by atoms with van der Waals surface area (Å²) in [5.41, 5.74) is 6.91. The van der Waals surface area contributed by atoms with Gasteiger partial charge in [-0.3, -0.25) is 4.79 Å². The lowest BCUT2D eigenvalue weighted by atomic mass is 9.96. The van der Waals surface area contributed by atoms with E-state index in [1.54, 1.807) is 4.90 Å². The average molecular weight is 282 g/mol. The van der Waals surface area contributed by atoms with E-state index in [0.29, 0.717) is 18.1 Å². The number of nitrogens with two attached hydrogens (primary N) is 1. The van der Waals surface area contributed by atoms with Crippen molar-refractivity contribution in [1.82, 2.24) is 4.90 Å². The van der Waals surface area contributed by atoms with Gasteiger partial charge in [-0.1, -0.05) is 17.7 Å². The van der Waals surface area contributed by atoms with Gasteiger partial charge >= 0.3 is 0 Å². The maximum absolute atomic E-state index is 12.3. The lowest BCUT2D eigenvalue weighted by Crippen LogP contribution is -2.62. The average Bonchev–Trinajstić information content (AvgIpc) is 2.37.